The van der Waals surface area contributed by atoms with Gasteiger partial charge >= 0.3 is 0 Å². The molecule has 2 nitrogen and oxygen atoms in total. The SMILES string of the molecule is CCCC1CCN(CCOc2cccc(Br)c2)C1. The molecule has 0 N–H and O–H groups in total. The average Bonchev–Trinajstić information content (AvgIpc) is 2.78. The molecule has 1 fully saturated rings. The van der Waals surface area contributed by atoms with E-state index in [4.69, 9.17) is 4.74 Å². The van der Waals surface area contributed by atoms with E-state index in [0.29, 0.717) is 0 Å². The van der Waals surface area contributed by atoms with E-state index in [1.54, 1.807) is 0 Å². The second-order valence-corrected chi connectivity index (χ2v) is 5.97. The van der Waals surface area contributed by atoms with E-state index >= 15 is 0 Å². The van der Waals surface area contributed by atoms with Gasteiger partial charge < -0.3 is 4.74 Å². The van der Waals surface area contributed by atoms with Gasteiger partial charge in [-0.1, -0.05) is 35.3 Å². The van der Waals surface area contributed by atoms with Crippen molar-refractivity contribution in [3.05, 3.63) is 28.7 Å². The second-order valence-electron chi connectivity index (χ2n) is 5.05. The minimum atomic E-state index is 0.787. The smallest absolute Gasteiger partial charge is 0.120 e. The van der Waals surface area contributed by atoms with Crippen molar-refractivity contribution in [1.82, 2.24) is 4.90 Å². The highest BCUT2D eigenvalue weighted by atomic mass is 79.9. The molecule has 1 aliphatic rings. The Kier molecular flexibility index (Phi) is 5.51. The van der Waals surface area contributed by atoms with E-state index in [1.807, 2.05) is 24.3 Å². The van der Waals surface area contributed by atoms with Gasteiger partial charge in [0.2, 0.25) is 0 Å². The zero-order valence-electron chi connectivity index (χ0n) is 11.1. The van der Waals surface area contributed by atoms with Crippen molar-refractivity contribution < 1.29 is 4.74 Å². The van der Waals surface area contributed by atoms with Gasteiger partial charge in [0.1, 0.15) is 12.4 Å². The van der Waals surface area contributed by atoms with E-state index < -0.39 is 0 Å². The van der Waals surface area contributed by atoms with Gasteiger partial charge in [-0.05, 0) is 43.5 Å². The van der Waals surface area contributed by atoms with Crippen LogP contribution in [-0.4, -0.2) is 31.1 Å². The molecule has 3 heteroatoms. The summed E-state index contributed by atoms with van der Waals surface area (Å²) in [5.41, 5.74) is 0. The van der Waals surface area contributed by atoms with Crippen molar-refractivity contribution >= 4 is 15.9 Å². The number of benzene rings is 1. The van der Waals surface area contributed by atoms with Gasteiger partial charge in [0, 0.05) is 17.6 Å². The molecule has 0 amide bonds. The van der Waals surface area contributed by atoms with E-state index in [9.17, 15) is 0 Å². The summed E-state index contributed by atoms with van der Waals surface area (Å²) in [5, 5.41) is 0. The summed E-state index contributed by atoms with van der Waals surface area (Å²) in [7, 11) is 0. The molecule has 0 bridgehead atoms. The Bertz CT molecular complexity index is 369. The molecule has 1 aromatic carbocycles. The van der Waals surface area contributed by atoms with Gasteiger partial charge in [0.25, 0.3) is 0 Å². The summed E-state index contributed by atoms with van der Waals surface area (Å²) in [4.78, 5) is 2.53. The molecule has 1 saturated heterocycles. The van der Waals surface area contributed by atoms with Crippen LogP contribution >= 0.6 is 15.9 Å². The number of halogens is 1. The number of ether oxygens (including phenoxy) is 1. The molecule has 2 rings (SSSR count). The monoisotopic (exact) mass is 311 g/mol. The van der Waals surface area contributed by atoms with Crippen LogP contribution in [0.15, 0.2) is 28.7 Å². The largest absolute Gasteiger partial charge is 0.492 e. The molecule has 100 valence electrons. The molecular weight excluding hydrogens is 290 g/mol. The number of nitrogens with zero attached hydrogens (tertiary/aromatic N) is 1. The number of rotatable bonds is 6. The van der Waals surface area contributed by atoms with Crippen LogP contribution in [0.2, 0.25) is 0 Å². The van der Waals surface area contributed by atoms with Gasteiger partial charge in [0.05, 0.1) is 0 Å². The van der Waals surface area contributed by atoms with E-state index in [2.05, 4.69) is 27.8 Å². The summed E-state index contributed by atoms with van der Waals surface area (Å²) in [6, 6.07) is 8.05. The Morgan fingerprint density at radius 2 is 2.33 bits per heavy atom. The third-order valence-electron chi connectivity index (χ3n) is 3.54. The normalized spacial score (nSPS) is 20.2. The van der Waals surface area contributed by atoms with E-state index in [0.717, 1.165) is 29.3 Å². The fourth-order valence-electron chi connectivity index (χ4n) is 2.61. The van der Waals surface area contributed by atoms with Gasteiger partial charge in [-0.3, -0.25) is 4.90 Å². The van der Waals surface area contributed by atoms with Gasteiger partial charge in [-0.25, -0.2) is 0 Å². The summed E-state index contributed by atoms with van der Waals surface area (Å²) in [6.45, 7) is 6.61. The summed E-state index contributed by atoms with van der Waals surface area (Å²) >= 11 is 3.46. The number of hydrogen-bond donors (Lipinski definition) is 0. The lowest BCUT2D eigenvalue weighted by atomic mass is 10.0. The van der Waals surface area contributed by atoms with Crippen LogP contribution < -0.4 is 4.74 Å². The molecule has 0 spiro atoms. The molecular formula is C15H22BrNO. The lowest BCUT2D eigenvalue weighted by Crippen LogP contribution is -2.26. The molecule has 1 aliphatic heterocycles. The maximum atomic E-state index is 5.77. The zero-order chi connectivity index (χ0) is 12.8. The Labute approximate surface area is 118 Å². The Hall–Kier alpha value is -0.540. The van der Waals surface area contributed by atoms with Gasteiger partial charge in [-0.15, -0.1) is 0 Å². The standard InChI is InChI=1S/C15H22BrNO/c1-2-4-13-7-8-17(12-13)9-10-18-15-6-3-5-14(16)11-15/h3,5-6,11,13H,2,4,7-10,12H2,1H3. The van der Waals surface area contributed by atoms with Crippen molar-refractivity contribution in [3.63, 3.8) is 0 Å². The van der Waals surface area contributed by atoms with Crippen molar-refractivity contribution in [1.29, 1.82) is 0 Å². The van der Waals surface area contributed by atoms with Crippen LogP contribution in [0, 0.1) is 5.92 Å². The molecule has 0 aliphatic carbocycles. The highest BCUT2D eigenvalue weighted by molar-refractivity contribution is 9.10. The van der Waals surface area contributed by atoms with Crippen LogP contribution in [0.5, 0.6) is 5.75 Å². The summed E-state index contributed by atoms with van der Waals surface area (Å²) in [5.74, 6) is 1.87. The average molecular weight is 312 g/mol. The molecule has 0 aromatic heterocycles. The molecule has 1 aromatic rings. The Balaban J connectivity index is 1.67. The molecule has 0 radical (unpaired) electrons. The van der Waals surface area contributed by atoms with Crippen LogP contribution in [0.3, 0.4) is 0 Å². The first-order valence-electron chi connectivity index (χ1n) is 6.88. The lowest BCUT2D eigenvalue weighted by molar-refractivity contribution is 0.232. The third kappa shape index (κ3) is 4.29. The van der Waals surface area contributed by atoms with Crippen LogP contribution in [-0.2, 0) is 0 Å². The maximum absolute atomic E-state index is 5.77. The maximum Gasteiger partial charge on any atom is 0.120 e. The van der Waals surface area contributed by atoms with E-state index in [-0.39, 0.29) is 0 Å². The first kappa shape index (κ1) is 13.9. The number of hydrogen-bond acceptors (Lipinski definition) is 2. The summed E-state index contributed by atoms with van der Waals surface area (Å²) in [6.07, 6.45) is 4.06. The van der Waals surface area contributed by atoms with Crippen molar-refractivity contribution in [2.45, 2.75) is 26.2 Å². The van der Waals surface area contributed by atoms with E-state index in [1.165, 1.54) is 32.4 Å². The minimum absolute atomic E-state index is 0.787. The van der Waals surface area contributed by atoms with Crippen LogP contribution in [0.4, 0.5) is 0 Å². The second kappa shape index (κ2) is 7.15. The summed E-state index contributed by atoms with van der Waals surface area (Å²) < 4.78 is 6.85. The zero-order valence-corrected chi connectivity index (χ0v) is 12.7. The fraction of sp³-hybridized carbons (Fsp3) is 0.600. The van der Waals surface area contributed by atoms with Crippen molar-refractivity contribution in [2.75, 3.05) is 26.2 Å². The molecule has 18 heavy (non-hydrogen) atoms. The third-order valence-corrected chi connectivity index (χ3v) is 4.03. The van der Waals surface area contributed by atoms with Crippen LogP contribution in [0.25, 0.3) is 0 Å². The predicted molar refractivity (Wildman–Crippen MR) is 79.1 cm³/mol. The predicted octanol–water partition coefficient (Wildman–Crippen LogP) is 3.95. The highest BCUT2D eigenvalue weighted by Gasteiger charge is 2.20. The molecule has 1 unspecified atom stereocenters. The van der Waals surface area contributed by atoms with Gasteiger partial charge in [0.15, 0.2) is 0 Å². The fourth-order valence-corrected chi connectivity index (χ4v) is 2.99. The Morgan fingerprint density at radius 3 is 3.11 bits per heavy atom. The number of likely N-dealkylation sites (tertiary alicyclic amines) is 1. The topological polar surface area (TPSA) is 12.5 Å². The quantitative estimate of drug-likeness (QED) is 0.788. The molecule has 1 heterocycles. The van der Waals surface area contributed by atoms with Crippen molar-refractivity contribution in [2.24, 2.45) is 5.92 Å². The first-order chi connectivity index (χ1) is 8.78. The van der Waals surface area contributed by atoms with Crippen LogP contribution in [0.1, 0.15) is 26.2 Å². The lowest BCUT2D eigenvalue weighted by Gasteiger charge is -2.16. The van der Waals surface area contributed by atoms with Gasteiger partial charge in [-0.2, -0.15) is 0 Å². The molecule has 1 atom stereocenters. The highest BCUT2D eigenvalue weighted by Crippen LogP contribution is 2.21. The first-order valence-corrected chi connectivity index (χ1v) is 7.68. The molecule has 0 saturated carbocycles. The Morgan fingerprint density at radius 1 is 1.44 bits per heavy atom. The minimum Gasteiger partial charge on any atom is -0.492 e. The van der Waals surface area contributed by atoms with Crippen molar-refractivity contribution in [3.8, 4) is 5.75 Å².